The molecule has 94 valence electrons. The van der Waals surface area contributed by atoms with Crippen molar-refractivity contribution < 1.29 is 9.53 Å². The molecule has 0 amide bonds. The van der Waals surface area contributed by atoms with E-state index in [9.17, 15) is 4.79 Å². The number of esters is 1. The van der Waals surface area contributed by atoms with Crippen LogP contribution in [0.3, 0.4) is 0 Å². The van der Waals surface area contributed by atoms with Crippen LogP contribution in [-0.2, 0) is 9.53 Å². The monoisotopic (exact) mass is 227 g/mol. The van der Waals surface area contributed by atoms with Crippen molar-refractivity contribution in [2.24, 2.45) is 11.8 Å². The largest absolute Gasteiger partial charge is 0.466 e. The number of piperidine rings is 1. The van der Waals surface area contributed by atoms with E-state index in [1.54, 1.807) is 0 Å². The van der Waals surface area contributed by atoms with Gasteiger partial charge in [0.1, 0.15) is 0 Å². The highest BCUT2D eigenvalue weighted by molar-refractivity contribution is 5.72. The molecule has 0 aromatic carbocycles. The molecule has 0 aliphatic carbocycles. The molecule has 1 rings (SSSR count). The Morgan fingerprint density at radius 1 is 1.50 bits per heavy atom. The Kier molecular flexibility index (Phi) is 5.81. The quantitative estimate of drug-likeness (QED) is 0.675. The summed E-state index contributed by atoms with van der Waals surface area (Å²) in [6.07, 6.45) is 3.33. The number of rotatable bonds is 5. The van der Waals surface area contributed by atoms with Crippen LogP contribution in [0.5, 0.6) is 0 Å². The Morgan fingerprint density at radius 2 is 2.25 bits per heavy atom. The zero-order chi connectivity index (χ0) is 12.0. The number of carbonyl (C=O) groups is 1. The van der Waals surface area contributed by atoms with Crippen LogP contribution in [0.4, 0.5) is 0 Å². The molecule has 0 bridgehead atoms. The van der Waals surface area contributed by atoms with Gasteiger partial charge in [-0.1, -0.05) is 20.3 Å². The van der Waals surface area contributed by atoms with Gasteiger partial charge < -0.3 is 9.64 Å². The Labute approximate surface area is 99.1 Å². The van der Waals surface area contributed by atoms with E-state index in [-0.39, 0.29) is 11.9 Å². The molecular weight excluding hydrogens is 202 g/mol. The molecule has 0 N–H and O–H groups in total. The molecule has 1 heterocycles. The van der Waals surface area contributed by atoms with Gasteiger partial charge in [-0.15, -0.1) is 0 Å². The first-order valence-corrected chi connectivity index (χ1v) is 6.56. The van der Waals surface area contributed by atoms with Crippen LogP contribution in [0, 0.1) is 11.8 Å². The summed E-state index contributed by atoms with van der Waals surface area (Å²) < 4.78 is 5.10. The van der Waals surface area contributed by atoms with Gasteiger partial charge >= 0.3 is 5.97 Å². The van der Waals surface area contributed by atoms with E-state index in [0.29, 0.717) is 6.61 Å². The van der Waals surface area contributed by atoms with Crippen LogP contribution >= 0.6 is 0 Å². The third-order valence-corrected chi connectivity index (χ3v) is 3.39. The van der Waals surface area contributed by atoms with Gasteiger partial charge in [0, 0.05) is 13.1 Å². The van der Waals surface area contributed by atoms with E-state index in [4.69, 9.17) is 4.74 Å². The number of hydrogen-bond acceptors (Lipinski definition) is 3. The summed E-state index contributed by atoms with van der Waals surface area (Å²) in [5.41, 5.74) is 0. The van der Waals surface area contributed by atoms with Gasteiger partial charge in [-0.05, 0) is 32.2 Å². The second-order valence-corrected chi connectivity index (χ2v) is 4.86. The van der Waals surface area contributed by atoms with Crippen molar-refractivity contribution >= 4 is 5.97 Å². The molecule has 1 unspecified atom stereocenters. The number of ether oxygens (including phenoxy) is 1. The molecule has 0 radical (unpaired) electrons. The van der Waals surface area contributed by atoms with Crippen LogP contribution in [0.1, 0.15) is 40.0 Å². The standard InChI is InChI=1S/C13H25NO2/c1-4-11(3)9-14-8-6-7-12(10-14)13(15)16-5-2/h11-12H,4-10H2,1-3H3/t11?,12-/m0/s1. The minimum absolute atomic E-state index is 0.00338. The molecular formula is C13H25NO2. The molecule has 2 atom stereocenters. The number of carbonyl (C=O) groups excluding carboxylic acids is 1. The van der Waals surface area contributed by atoms with Gasteiger partial charge in [-0.3, -0.25) is 4.79 Å². The summed E-state index contributed by atoms with van der Waals surface area (Å²) in [4.78, 5) is 14.1. The van der Waals surface area contributed by atoms with E-state index >= 15 is 0 Å². The van der Waals surface area contributed by atoms with Crippen molar-refractivity contribution in [2.45, 2.75) is 40.0 Å². The summed E-state index contributed by atoms with van der Waals surface area (Å²) in [5.74, 6) is 0.829. The van der Waals surface area contributed by atoms with Gasteiger partial charge in [0.05, 0.1) is 12.5 Å². The molecule has 0 saturated carbocycles. The van der Waals surface area contributed by atoms with Crippen LogP contribution < -0.4 is 0 Å². The maximum Gasteiger partial charge on any atom is 0.310 e. The van der Waals surface area contributed by atoms with Crippen molar-refractivity contribution in [1.82, 2.24) is 4.90 Å². The average Bonchev–Trinajstić information content (AvgIpc) is 2.29. The highest BCUT2D eigenvalue weighted by Crippen LogP contribution is 2.19. The van der Waals surface area contributed by atoms with Gasteiger partial charge in [0.25, 0.3) is 0 Å². The third-order valence-electron chi connectivity index (χ3n) is 3.39. The first-order valence-electron chi connectivity index (χ1n) is 6.56. The lowest BCUT2D eigenvalue weighted by atomic mass is 9.97. The lowest BCUT2D eigenvalue weighted by Gasteiger charge is -2.33. The molecule has 1 aliphatic rings. The van der Waals surface area contributed by atoms with E-state index in [2.05, 4.69) is 18.7 Å². The van der Waals surface area contributed by atoms with Crippen LogP contribution in [0.2, 0.25) is 0 Å². The maximum absolute atomic E-state index is 11.7. The summed E-state index contributed by atoms with van der Waals surface area (Å²) >= 11 is 0. The number of nitrogens with zero attached hydrogens (tertiary/aromatic N) is 1. The van der Waals surface area contributed by atoms with Crippen molar-refractivity contribution in [3.8, 4) is 0 Å². The van der Waals surface area contributed by atoms with Crippen molar-refractivity contribution in [1.29, 1.82) is 0 Å². The van der Waals surface area contributed by atoms with E-state index in [1.807, 2.05) is 6.92 Å². The highest BCUT2D eigenvalue weighted by Gasteiger charge is 2.26. The molecule has 0 aromatic heterocycles. The number of likely N-dealkylation sites (tertiary alicyclic amines) is 1. The predicted octanol–water partition coefficient (Wildman–Crippen LogP) is 2.31. The average molecular weight is 227 g/mol. The Bertz CT molecular complexity index is 218. The second-order valence-electron chi connectivity index (χ2n) is 4.86. The van der Waals surface area contributed by atoms with Crippen molar-refractivity contribution in [3.63, 3.8) is 0 Å². The third kappa shape index (κ3) is 4.12. The smallest absolute Gasteiger partial charge is 0.310 e. The molecule has 1 fully saturated rings. The lowest BCUT2D eigenvalue weighted by Crippen LogP contribution is -2.41. The predicted molar refractivity (Wildman–Crippen MR) is 65.3 cm³/mol. The zero-order valence-electron chi connectivity index (χ0n) is 10.9. The van der Waals surface area contributed by atoms with Crippen LogP contribution in [0.15, 0.2) is 0 Å². The minimum atomic E-state index is -0.00338. The van der Waals surface area contributed by atoms with E-state index in [0.717, 1.165) is 38.4 Å². The van der Waals surface area contributed by atoms with E-state index < -0.39 is 0 Å². The maximum atomic E-state index is 11.7. The SMILES string of the molecule is CCOC(=O)[C@H]1CCCN(CC(C)CC)C1. The van der Waals surface area contributed by atoms with Crippen LogP contribution in [0.25, 0.3) is 0 Å². The molecule has 0 spiro atoms. The Balaban J connectivity index is 2.37. The summed E-state index contributed by atoms with van der Waals surface area (Å²) in [6, 6.07) is 0. The van der Waals surface area contributed by atoms with E-state index in [1.165, 1.54) is 6.42 Å². The molecule has 1 aliphatic heterocycles. The highest BCUT2D eigenvalue weighted by atomic mass is 16.5. The Morgan fingerprint density at radius 3 is 2.88 bits per heavy atom. The lowest BCUT2D eigenvalue weighted by molar-refractivity contribution is -0.150. The van der Waals surface area contributed by atoms with Gasteiger partial charge in [0.2, 0.25) is 0 Å². The first-order chi connectivity index (χ1) is 7.67. The second kappa shape index (κ2) is 6.89. The number of hydrogen-bond donors (Lipinski definition) is 0. The van der Waals surface area contributed by atoms with Crippen molar-refractivity contribution in [2.75, 3.05) is 26.2 Å². The summed E-state index contributed by atoms with van der Waals surface area (Å²) in [5, 5.41) is 0. The fourth-order valence-electron chi connectivity index (χ4n) is 2.24. The van der Waals surface area contributed by atoms with Crippen molar-refractivity contribution in [3.05, 3.63) is 0 Å². The van der Waals surface area contributed by atoms with Gasteiger partial charge in [0.15, 0.2) is 0 Å². The van der Waals surface area contributed by atoms with Gasteiger partial charge in [-0.2, -0.15) is 0 Å². The van der Waals surface area contributed by atoms with Crippen LogP contribution in [-0.4, -0.2) is 37.1 Å². The van der Waals surface area contributed by atoms with Gasteiger partial charge in [-0.25, -0.2) is 0 Å². The fraction of sp³-hybridized carbons (Fsp3) is 0.923. The fourth-order valence-corrected chi connectivity index (χ4v) is 2.24. The molecule has 16 heavy (non-hydrogen) atoms. The minimum Gasteiger partial charge on any atom is -0.466 e. The molecule has 1 saturated heterocycles. The topological polar surface area (TPSA) is 29.5 Å². The normalized spacial score (nSPS) is 24.1. The summed E-state index contributed by atoms with van der Waals surface area (Å²) in [7, 11) is 0. The molecule has 3 nitrogen and oxygen atoms in total. The zero-order valence-corrected chi connectivity index (χ0v) is 10.9. The molecule has 0 aromatic rings. The molecule has 3 heteroatoms. The summed E-state index contributed by atoms with van der Waals surface area (Å²) in [6.45, 7) is 10.0. The Hall–Kier alpha value is -0.570. The first kappa shape index (κ1) is 13.5.